The Morgan fingerprint density at radius 3 is 3.11 bits per heavy atom. The smallest absolute Gasteiger partial charge is 0.0826 e. The molecule has 102 valence electrons. The molecule has 2 heterocycles. The molecule has 1 aromatic heterocycles. The van der Waals surface area contributed by atoms with Crippen LogP contribution in [0.25, 0.3) is 0 Å². The third-order valence-electron chi connectivity index (χ3n) is 3.62. The third kappa shape index (κ3) is 3.31. The minimum atomic E-state index is 0.299. The van der Waals surface area contributed by atoms with E-state index in [0.717, 1.165) is 32.8 Å². The second kappa shape index (κ2) is 6.31. The lowest BCUT2D eigenvalue weighted by Gasteiger charge is -2.31. The molecule has 2 rings (SSSR count). The Morgan fingerprint density at radius 2 is 2.50 bits per heavy atom. The maximum atomic E-state index is 5.74. The summed E-state index contributed by atoms with van der Waals surface area (Å²) in [7, 11) is 2.14. The first-order valence-electron chi connectivity index (χ1n) is 6.75. The van der Waals surface area contributed by atoms with E-state index in [9.17, 15) is 0 Å². The summed E-state index contributed by atoms with van der Waals surface area (Å²) >= 11 is 0. The van der Waals surface area contributed by atoms with Gasteiger partial charge in [-0.1, -0.05) is 0 Å². The topological polar surface area (TPSA) is 42.3 Å². The molecular formula is C13H24N4O. The van der Waals surface area contributed by atoms with Crippen LogP contribution in [0.5, 0.6) is 0 Å². The summed E-state index contributed by atoms with van der Waals surface area (Å²) < 4.78 is 7.71. The van der Waals surface area contributed by atoms with Crippen molar-refractivity contribution in [3.8, 4) is 0 Å². The Morgan fingerprint density at radius 1 is 1.67 bits per heavy atom. The fourth-order valence-electron chi connectivity index (χ4n) is 2.24. The number of likely N-dealkylation sites (N-methyl/N-ethyl adjacent to an activating group) is 1. The molecule has 1 N–H and O–H groups in total. The summed E-state index contributed by atoms with van der Waals surface area (Å²) in [5, 5.41) is 7.70. The Kier molecular flexibility index (Phi) is 4.74. The molecule has 1 aliphatic heterocycles. The Balaban J connectivity index is 1.88. The number of rotatable bonds is 5. The van der Waals surface area contributed by atoms with Crippen LogP contribution in [-0.2, 0) is 11.3 Å². The highest BCUT2D eigenvalue weighted by Crippen LogP contribution is 2.18. The average Bonchev–Trinajstić information content (AvgIpc) is 2.87. The first-order valence-corrected chi connectivity index (χ1v) is 6.75. The number of nitrogens with zero attached hydrogens (tertiary/aromatic N) is 3. The SMILES string of the molecule is CCn1cc(C(C)N(C)CC2CNCCO2)cn1. The van der Waals surface area contributed by atoms with Crippen molar-refractivity contribution in [3.63, 3.8) is 0 Å². The minimum absolute atomic E-state index is 0.299. The first kappa shape index (κ1) is 13.5. The quantitative estimate of drug-likeness (QED) is 0.845. The number of hydrogen-bond donors (Lipinski definition) is 1. The van der Waals surface area contributed by atoms with Crippen LogP contribution >= 0.6 is 0 Å². The highest BCUT2D eigenvalue weighted by atomic mass is 16.5. The predicted molar refractivity (Wildman–Crippen MR) is 71.6 cm³/mol. The van der Waals surface area contributed by atoms with Gasteiger partial charge in [0, 0.05) is 44.0 Å². The van der Waals surface area contributed by atoms with Gasteiger partial charge < -0.3 is 10.1 Å². The highest BCUT2D eigenvalue weighted by Gasteiger charge is 2.20. The summed E-state index contributed by atoms with van der Waals surface area (Å²) in [4.78, 5) is 2.33. The van der Waals surface area contributed by atoms with Crippen molar-refractivity contribution in [2.24, 2.45) is 0 Å². The number of hydrogen-bond acceptors (Lipinski definition) is 4. The van der Waals surface area contributed by atoms with Crippen molar-refractivity contribution in [2.45, 2.75) is 32.5 Å². The summed E-state index contributed by atoms with van der Waals surface area (Å²) in [5.41, 5.74) is 1.27. The molecule has 0 aromatic carbocycles. The molecule has 5 heteroatoms. The van der Waals surface area contributed by atoms with Crippen LogP contribution in [0.1, 0.15) is 25.5 Å². The molecule has 2 atom stereocenters. The second-order valence-corrected chi connectivity index (χ2v) is 4.94. The molecule has 18 heavy (non-hydrogen) atoms. The minimum Gasteiger partial charge on any atom is -0.374 e. The molecular weight excluding hydrogens is 228 g/mol. The molecule has 0 radical (unpaired) electrons. The normalized spacial score (nSPS) is 22.3. The van der Waals surface area contributed by atoms with Gasteiger partial charge in [0.25, 0.3) is 0 Å². The summed E-state index contributed by atoms with van der Waals surface area (Å²) in [5.74, 6) is 0. The van der Waals surface area contributed by atoms with Gasteiger partial charge in [-0.2, -0.15) is 5.10 Å². The Bertz CT molecular complexity index is 360. The second-order valence-electron chi connectivity index (χ2n) is 4.94. The standard InChI is InChI=1S/C13H24N4O/c1-4-17-9-12(7-15-17)11(2)16(3)10-13-8-14-5-6-18-13/h7,9,11,13-14H,4-6,8,10H2,1-3H3. The van der Waals surface area contributed by atoms with Gasteiger partial charge in [0.1, 0.15) is 0 Å². The maximum Gasteiger partial charge on any atom is 0.0826 e. The van der Waals surface area contributed by atoms with E-state index >= 15 is 0 Å². The molecule has 0 amide bonds. The molecule has 1 fully saturated rings. The van der Waals surface area contributed by atoms with Gasteiger partial charge in [0.15, 0.2) is 0 Å². The van der Waals surface area contributed by atoms with E-state index in [1.807, 2.05) is 10.9 Å². The van der Waals surface area contributed by atoms with Gasteiger partial charge in [0.05, 0.1) is 18.9 Å². The molecule has 1 saturated heterocycles. The molecule has 0 aliphatic carbocycles. The Hall–Kier alpha value is -0.910. The Labute approximate surface area is 109 Å². The van der Waals surface area contributed by atoms with Gasteiger partial charge in [0.2, 0.25) is 0 Å². The van der Waals surface area contributed by atoms with E-state index in [2.05, 4.69) is 42.4 Å². The zero-order chi connectivity index (χ0) is 13.0. The van der Waals surface area contributed by atoms with E-state index in [1.54, 1.807) is 0 Å². The largest absolute Gasteiger partial charge is 0.374 e. The summed E-state index contributed by atoms with van der Waals surface area (Å²) in [6, 6.07) is 0.371. The van der Waals surface area contributed by atoms with Crippen molar-refractivity contribution in [1.82, 2.24) is 20.0 Å². The van der Waals surface area contributed by atoms with Crippen molar-refractivity contribution in [2.75, 3.05) is 33.3 Å². The highest BCUT2D eigenvalue weighted by molar-refractivity contribution is 5.09. The zero-order valence-corrected chi connectivity index (χ0v) is 11.6. The lowest BCUT2D eigenvalue weighted by molar-refractivity contribution is 0.00393. The van der Waals surface area contributed by atoms with E-state index in [-0.39, 0.29) is 0 Å². The van der Waals surface area contributed by atoms with E-state index in [1.165, 1.54) is 5.56 Å². The molecule has 5 nitrogen and oxygen atoms in total. The first-order chi connectivity index (χ1) is 8.70. The zero-order valence-electron chi connectivity index (χ0n) is 11.6. The van der Waals surface area contributed by atoms with Crippen LogP contribution in [0, 0.1) is 0 Å². The lowest BCUT2D eigenvalue weighted by atomic mass is 10.1. The van der Waals surface area contributed by atoms with Gasteiger partial charge in [-0.3, -0.25) is 9.58 Å². The van der Waals surface area contributed by atoms with Gasteiger partial charge in [-0.25, -0.2) is 0 Å². The monoisotopic (exact) mass is 252 g/mol. The maximum absolute atomic E-state index is 5.74. The van der Waals surface area contributed by atoms with Gasteiger partial charge in [-0.15, -0.1) is 0 Å². The van der Waals surface area contributed by atoms with Crippen LogP contribution in [0.2, 0.25) is 0 Å². The number of aryl methyl sites for hydroxylation is 1. The molecule has 1 aromatic rings. The van der Waals surface area contributed by atoms with E-state index < -0.39 is 0 Å². The number of morpholine rings is 1. The molecule has 0 bridgehead atoms. The summed E-state index contributed by atoms with van der Waals surface area (Å²) in [6.07, 6.45) is 4.39. The molecule has 2 unspecified atom stereocenters. The van der Waals surface area contributed by atoms with E-state index in [0.29, 0.717) is 12.1 Å². The van der Waals surface area contributed by atoms with Gasteiger partial charge >= 0.3 is 0 Å². The molecule has 0 saturated carbocycles. The van der Waals surface area contributed by atoms with Crippen LogP contribution in [0.4, 0.5) is 0 Å². The number of aromatic nitrogens is 2. The van der Waals surface area contributed by atoms with Crippen LogP contribution in [-0.4, -0.2) is 54.1 Å². The third-order valence-corrected chi connectivity index (χ3v) is 3.62. The van der Waals surface area contributed by atoms with Crippen molar-refractivity contribution in [1.29, 1.82) is 0 Å². The van der Waals surface area contributed by atoms with Crippen molar-refractivity contribution >= 4 is 0 Å². The van der Waals surface area contributed by atoms with Crippen LogP contribution in [0.15, 0.2) is 12.4 Å². The van der Waals surface area contributed by atoms with Crippen molar-refractivity contribution < 1.29 is 4.74 Å². The van der Waals surface area contributed by atoms with Gasteiger partial charge in [-0.05, 0) is 20.9 Å². The molecule has 0 spiro atoms. The van der Waals surface area contributed by atoms with Crippen molar-refractivity contribution in [3.05, 3.63) is 18.0 Å². The fourth-order valence-corrected chi connectivity index (χ4v) is 2.24. The molecule has 1 aliphatic rings. The average molecular weight is 252 g/mol. The number of ether oxygens (including phenoxy) is 1. The predicted octanol–water partition coefficient (Wildman–Crippen LogP) is 0.884. The lowest BCUT2D eigenvalue weighted by Crippen LogP contribution is -2.44. The fraction of sp³-hybridized carbons (Fsp3) is 0.769. The summed E-state index contributed by atoms with van der Waals surface area (Å²) in [6.45, 7) is 8.93. The number of nitrogens with one attached hydrogen (secondary N) is 1. The van der Waals surface area contributed by atoms with E-state index in [4.69, 9.17) is 4.74 Å². The van der Waals surface area contributed by atoms with Crippen LogP contribution < -0.4 is 5.32 Å². The van der Waals surface area contributed by atoms with Crippen LogP contribution in [0.3, 0.4) is 0 Å².